The number of nitrogens with one attached hydrogen (secondary N) is 2. The lowest BCUT2D eigenvalue weighted by molar-refractivity contribution is 0.0690. The second kappa shape index (κ2) is 15.7. The molecule has 0 saturated heterocycles. The highest BCUT2D eigenvalue weighted by Crippen LogP contribution is 2.33. The van der Waals surface area contributed by atoms with Gasteiger partial charge in [0, 0.05) is 21.6 Å². The summed E-state index contributed by atoms with van der Waals surface area (Å²) in [6.07, 6.45) is 2.19. The molecule has 0 aliphatic carbocycles. The highest BCUT2D eigenvalue weighted by Gasteiger charge is 2.20. The highest BCUT2D eigenvalue weighted by molar-refractivity contribution is 7.22. The largest absolute Gasteiger partial charge is 0.491 e. The number of hydrogen-bond acceptors (Lipinski definition) is 12. The van der Waals surface area contributed by atoms with Gasteiger partial charge in [-0.05, 0) is 83.6 Å². The summed E-state index contributed by atoms with van der Waals surface area (Å²) in [5.41, 5.74) is 9.02. The Bertz CT molecular complexity index is 1900. The SMILES string of the molecule is Cc1c(Nc2nc3ccccc3s2)nnc(Nc2nc(C(=O)O)c(CCCOc3ccc(C#CCN(C)C)cc3F)s2)c1CCCN. The Balaban J connectivity index is 1.26. The molecule has 5 aromatic rings. The average Bonchev–Trinajstić information content (AvgIpc) is 3.64. The molecule has 2 aromatic carbocycles. The molecular weight excluding hydrogens is 640 g/mol. The lowest BCUT2D eigenvalue weighted by Crippen LogP contribution is -2.10. The van der Waals surface area contributed by atoms with E-state index in [9.17, 15) is 14.3 Å². The minimum absolute atomic E-state index is 0.0494. The number of carboxylic acid groups (broad SMARTS) is 1. The first kappa shape index (κ1) is 33.7. The highest BCUT2D eigenvalue weighted by atomic mass is 32.1. The van der Waals surface area contributed by atoms with Crippen LogP contribution in [0, 0.1) is 24.6 Å². The zero-order valence-electron chi connectivity index (χ0n) is 26.3. The Hall–Kier alpha value is -4.68. The van der Waals surface area contributed by atoms with Gasteiger partial charge in [-0.15, -0.1) is 21.5 Å². The molecule has 0 unspecified atom stereocenters. The zero-order chi connectivity index (χ0) is 33.3. The summed E-state index contributed by atoms with van der Waals surface area (Å²) >= 11 is 2.75. The molecular formula is C33H35FN8O3S2. The fourth-order valence-electron chi connectivity index (χ4n) is 4.64. The first-order chi connectivity index (χ1) is 22.7. The molecule has 0 saturated carbocycles. The summed E-state index contributed by atoms with van der Waals surface area (Å²) < 4.78 is 21.3. The Morgan fingerprint density at radius 2 is 1.81 bits per heavy atom. The number of benzene rings is 2. The van der Waals surface area contributed by atoms with Crippen LogP contribution in [0.15, 0.2) is 42.5 Å². The van der Waals surface area contributed by atoms with Crippen molar-refractivity contribution >= 4 is 60.8 Å². The predicted molar refractivity (Wildman–Crippen MR) is 185 cm³/mol. The topological polar surface area (TPSA) is 151 Å². The summed E-state index contributed by atoms with van der Waals surface area (Å²) in [6.45, 7) is 3.21. The van der Waals surface area contributed by atoms with E-state index in [2.05, 4.69) is 42.6 Å². The van der Waals surface area contributed by atoms with Crippen LogP contribution >= 0.6 is 22.7 Å². The molecule has 0 aliphatic rings. The Morgan fingerprint density at radius 3 is 2.55 bits per heavy atom. The van der Waals surface area contributed by atoms with Crippen molar-refractivity contribution in [1.29, 1.82) is 0 Å². The molecule has 3 heterocycles. The van der Waals surface area contributed by atoms with Gasteiger partial charge in [0.15, 0.2) is 39.2 Å². The standard InChI is InChI=1S/C33H35FN8O3S2/c1-20-22(10-6-16-35)30(41-40-29(20)38-32-36-24-11-4-5-12-26(24)46-32)39-33-37-28(31(43)44)27(47-33)13-8-18-45-25-15-14-21(19-23(25)34)9-7-17-42(2)3/h4-5,11-12,14-15,19H,6,8,10,13,16-18,35H2,1-3H3,(H,43,44)(H,36,38,40)(H,37,39,41). The molecule has 0 fully saturated rings. The maximum absolute atomic E-state index is 14.6. The van der Waals surface area contributed by atoms with Crippen molar-refractivity contribution in [3.8, 4) is 17.6 Å². The lowest BCUT2D eigenvalue weighted by atomic mass is 10.1. The second-order valence-corrected chi connectivity index (χ2v) is 13.0. The van der Waals surface area contributed by atoms with Gasteiger partial charge in [0.2, 0.25) is 0 Å². The van der Waals surface area contributed by atoms with Crippen LogP contribution in [-0.4, -0.2) is 69.9 Å². The third-order valence-corrected chi connectivity index (χ3v) is 8.97. The Labute approximate surface area is 280 Å². The molecule has 0 spiro atoms. The van der Waals surface area contributed by atoms with E-state index in [1.807, 2.05) is 50.2 Å². The van der Waals surface area contributed by atoms with E-state index in [4.69, 9.17) is 10.5 Å². The van der Waals surface area contributed by atoms with E-state index in [1.165, 1.54) is 28.7 Å². The summed E-state index contributed by atoms with van der Waals surface area (Å²) in [5, 5.41) is 26.3. The van der Waals surface area contributed by atoms with Crippen molar-refractivity contribution in [1.82, 2.24) is 25.1 Å². The zero-order valence-corrected chi connectivity index (χ0v) is 27.9. The van der Waals surface area contributed by atoms with Gasteiger partial charge in [-0.3, -0.25) is 4.90 Å². The monoisotopic (exact) mass is 674 g/mol. The minimum atomic E-state index is -1.14. The number of rotatable bonds is 14. The number of carbonyl (C=O) groups is 1. The summed E-state index contributed by atoms with van der Waals surface area (Å²) in [5.74, 6) is 5.45. The fourth-order valence-corrected chi connectivity index (χ4v) is 6.50. The van der Waals surface area contributed by atoms with Gasteiger partial charge >= 0.3 is 5.97 Å². The van der Waals surface area contributed by atoms with Gasteiger partial charge in [-0.25, -0.2) is 19.2 Å². The van der Waals surface area contributed by atoms with E-state index in [0.717, 1.165) is 27.8 Å². The number of nitrogens with zero attached hydrogens (tertiary/aromatic N) is 5. The van der Waals surface area contributed by atoms with Crippen molar-refractivity contribution in [3.05, 3.63) is 75.5 Å². The number of nitrogens with two attached hydrogens (primary N) is 1. The number of anilines is 4. The third-order valence-electron chi connectivity index (χ3n) is 6.98. The van der Waals surface area contributed by atoms with Crippen LogP contribution in [0.25, 0.3) is 10.2 Å². The molecule has 0 aliphatic heterocycles. The number of ether oxygens (including phenoxy) is 1. The molecule has 244 valence electrons. The molecule has 3 aromatic heterocycles. The van der Waals surface area contributed by atoms with Gasteiger partial charge < -0.3 is 26.2 Å². The van der Waals surface area contributed by atoms with Crippen molar-refractivity contribution in [3.63, 3.8) is 0 Å². The number of halogens is 1. The molecule has 0 amide bonds. The number of thiazole rings is 2. The normalized spacial score (nSPS) is 11.0. The molecule has 11 nitrogen and oxygen atoms in total. The van der Waals surface area contributed by atoms with Crippen molar-refractivity contribution in [2.24, 2.45) is 5.73 Å². The van der Waals surface area contributed by atoms with Gasteiger partial charge in [0.05, 0.1) is 23.4 Å². The van der Waals surface area contributed by atoms with Crippen molar-refractivity contribution < 1.29 is 19.0 Å². The summed E-state index contributed by atoms with van der Waals surface area (Å²) in [4.78, 5) is 23.5. The van der Waals surface area contributed by atoms with E-state index < -0.39 is 11.8 Å². The number of aromatic nitrogens is 4. The minimum Gasteiger partial charge on any atom is -0.491 e. The molecule has 47 heavy (non-hydrogen) atoms. The van der Waals surface area contributed by atoms with Gasteiger partial charge in [0.1, 0.15) is 0 Å². The van der Waals surface area contributed by atoms with E-state index >= 15 is 0 Å². The van der Waals surface area contributed by atoms with Crippen LogP contribution in [-0.2, 0) is 12.8 Å². The van der Waals surface area contributed by atoms with Gasteiger partial charge in [-0.1, -0.05) is 35.3 Å². The van der Waals surface area contributed by atoms with E-state index in [-0.39, 0.29) is 18.1 Å². The molecule has 5 N–H and O–H groups in total. The number of fused-ring (bicyclic) bond motifs is 1. The van der Waals surface area contributed by atoms with Crippen LogP contribution in [0.2, 0.25) is 0 Å². The molecule has 0 radical (unpaired) electrons. The first-order valence-corrected chi connectivity index (χ1v) is 16.6. The average molecular weight is 675 g/mol. The summed E-state index contributed by atoms with van der Waals surface area (Å²) in [6, 6.07) is 12.5. The maximum atomic E-state index is 14.6. The molecule has 0 bridgehead atoms. The lowest BCUT2D eigenvalue weighted by Gasteiger charge is -2.14. The quantitative estimate of drug-likeness (QED) is 0.0812. The van der Waals surface area contributed by atoms with Crippen LogP contribution in [0.4, 0.5) is 26.3 Å². The summed E-state index contributed by atoms with van der Waals surface area (Å²) in [7, 11) is 3.82. The number of para-hydroxylation sites is 1. The fraction of sp³-hybridized carbons (Fsp3) is 0.303. The van der Waals surface area contributed by atoms with E-state index in [0.29, 0.717) is 64.7 Å². The van der Waals surface area contributed by atoms with Gasteiger partial charge in [0.25, 0.3) is 0 Å². The molecule has 5 rings (SSSR count). The van der Waals surface area contributed by atoms with Crippen LogP contribution in [0.1, 0.15) is 44.9 Å². The molecule has 0 atom stereocenters. The van der Waals surface area contributed by atoms with Gasteiger partial charge in [-0.2, -0.15) is 0 Å². The number of aryl methyl sites for hydroxylation is 1. The number of carboxylic acids is 1. The third kappa shape index (κ3) is 8.78. The second-order valence-electron chi connectivity index (χ2n) is 10.9. The Kier molecular flexibility index (Phi) is 11.3. The Morgan fingerprint density at radius 1 is 1.04 bits per heavy atom. The maximum Gasteiger partial charge on any atom is 0.355 e. The van der Waals surface area contributed by atoms with Crippen molar-refractivity contribution in [2.45, 2.75) is 32.6 Å². The van der Waals surface area contributed by atoms with Crippen LogP contribution < -0.4 is 21.1 Å². The van der Waals surface area contributed by atoms with Crippen LogP contribution in [0.3, 0.4) is 0 Å². The smallest absolute Gasteiger partial charge is 0.355 e. The van der Waals surface area contributed by atoms with Crippen molar-refractivity contribution in [2.75, 3.05) is 44.4 Å². The van der Waals surface area contributed by atoms with Crippen LogP contribution in [0.5, 0.6) is 5.75 Å². The number of hydrogen-bond donors (Lipinski definition) is 4. The first-order valence-electron chi connectivity index (χ1n) is 15.0. The number of aromatic carboxylic acids is 1. The predicted octanol–water partition coefficient (Wildman–Crippen LogP) is 5.99. The molecule has 14 heteroatoms. The van der Waals surface area contributed by atoms with E-state index in [1.54, 1.807) is 12.1 Å².